The number of imidazole rings is 1. The summed E-state index contributed by atoms with van der Waals surface area (Å²) in [4.78, 5) is 14.9. The van der Waals surface area contributed by atoms with Crippen molar-refractivity contribution in [2.24, 2.45) is 7.05 Å². The Hall–Kier alpha value is -2.84. The molecule has 1 aliphatic rings. The molecule has 1 aliphatic heterocycles. The molecular formula is C22H26BN5O2. The van der Waals surface area contributed by atoms with Gasteiger partial charge in [0.25, 0.3) is 0 Å². The largest absolute Gasteiger partial charge is 0.408 e. The predicted octanol–water partition coefficient (Wildman–Crippen LogP) is 3.14. The van der Waals surface area contributed by atoms with E-state index in [0.29, 0.717) is 6.61 Å². The number of aryl methyl sites for hydroxylation is 1. The lowest BCUT2D eigenvalue weighted by molar-refractivity contribution is -0.168. The van der Waals surface area contributed by atoms with Crippen LogP contribution in [0.4, 0.5) is 5.82 Å². The van der Waals surface area contributed by atoms with Crippen LogP contribution in [0.2, 0.25) is 0 Å². The molecule has 0 saturated carbocycles. The summed E-state index contributed by atoms with van der Waals surface area (Å²) in [6.07, 6.45) is 5.04. The first-order chi connectivity index (χ1) is 14.6. The van der Waals surface area contributed by atoms with Gasteiger partial charge in [-0.1, -0.05) is 18.2 Å². The van der Waals surface area contributed by atoms with Crippen LogP contribution in [-0.4, -0.2) is 47.4 Å². The van der Waals surface area contributed by atoms with Crippen molar-refractivity contribution >= 4 is 35.9 Å². The number of anilines is 1. The minimum atomic E-state index is -0.0812. The second-order valence-electron chi connectivity index (χ2n) is 8.14. The lowest BCUT2D eigenvalue weighted by Crippen LogP contribution is -2.21. The van der Waals surface area contributed by atoms with Crippen molar-refractivity contribution in [1.82, 2.24) is 19.5 Å². The maximum atomic E-state index is 5.96. The quantitative estimate of drug-likeness (QED) is 0.519. The maximum absolute atomic E-state index is 5.96. The fourth-order valence-corrected chi connectivity index (χ4v) is 4.11. The van der Waals surface area contributed by atoms with Crippen molar-refractivity contribution in [3.63, 3.8) is 0 Å². The number of nitrogens with zero attached hydrogens (tertiary/aromatic N) is 4. The molecule has 1 saturated heterocycles. The third-order valence-electron chi connectivity index (χ3n) is 5.65. The summed E-state index contributed by atoms with van der Waals surface area (Å²) in [5.74, 6) is 0.862. The van der Waals surface area contributed by atoms with Crippen LogP contribution in [0.25, 0.3) is 33.3 Å². The van der Waals surface area contributed by atoms with Crippen molar-refractivity contribution in [2.45, 2.75) is 32.2 Å². The molecule has 0 bridgehead atoms. The average Bonchev–Trinajstić information content (AvgIpc) is 3.36. The molecule has 30 heavy (non-hydrogen) atoms. The summed E-state index contributed by atoms with van der Waals surface area (Å²) in [6, 6.07) is 10.6. The predicted molar refractivity (Wildman–Crippen MR) is 121 cm³/mol. The topological polar surface area (TPSA) is 68.2 Å². The molecule has 1 fully saturated rings. The minimum absolute atomic E-state index is 0.0812. The fraction of sp³-hybridized carbons (Fsp3) is 0.364. The molecule has 5 rings (SSSR count). The van der Waals surface area contributed by atoms with E-state index in [1.165, 1.54) is 6.42 Å². The van der Waals surface area contributed by atoms with Crippen molar-refractivity contribution in [2.75, 3.05) is 18.5 Å². The molecule has 0 amide bonds. The highest BCUT2D eigenvalue weighted by Gasteiger charge is 2.17. The SMILES string of the molecule is BN(C)c1nc2[nH]c(-c3cccc(COC4CCCCO4)c3)cc2c2c1ncn2C. The highest BCUT2D eigenvalue weighted by Crippen LogP contribution is 2.32. The van der Waals surface area contributed by atoms with E-state index in [4.69, 9.17) is 14.5 Å². The average molecular weight is 403 g/mol. The highest BCUT2D eigenvalue weighted by molar-refractivity contribution is 6.20. The summed E-state index contributed by atoms with van der Waals surface area (Å²) < 4.78 is 13.7. The fourth-order valence-electron chi connectivity index (χ4n) is 4.11. The van der Waals surface area contributed by atoms with Crippen molar-refractivity contribution in [3.05, 3.63) is 42.2 Å². The van der Waals surface area contributed by atoms with Gasteiger partial charge >= 0.3 is 0 Å². The second-order valence-corrected chi connectivity index (χ2v) is 8.14. The zero-order valence-corrected chi connectivity index (χ0v) is 17.7. The number of ether oxygens (including phenoxy) is 2. The molecule has 0 spiro atoms. The van der Waals surface area contributed by atoms with Crippen LogP contribution < -0.4 is 4.81 Å². The Balaban J connectivity index is 1.49. The van der Waals surface area contributed by atoms with Crippen LogP contribution in [0.3, 0.4) is 0 Å². The molecule has 1 N–H and O–H groups in total. The first-order valence-electron chi connectivity index (χ1n) is 10.4. The maximum Gasteiger partial charge on any atom is 0.219 e. The Morgan fingerprint density at radius 1 is 1.33 bits per heavy atom. The monoisotopic (exact) mass is 403 g/mol. The lowest BCUT2D eigenvalue weighted by atomic mass is 10.1. The molecule has 0 radical (unpaired) electrons. The number of rotatable bonds is 5. The van der Waals surface area contributed by atoms with Crippen LogP contribution >= 0.6 is 0 Å². The zero-order valence-electron chi connectivity index (χ0n) is 17.7. The van der Waals surface area contributed by atoms with Crippen LogP contribution in [0, 0.1) is 0 Å². The smallest absolute Gasteiger partial charge is 0.219 e. The summed E-state index contributed by atoms with van der Waals surface area (Å²) in [7, 11) is 6.00. The van der Waals surface area contributed by atoms with Gasteiger partial charge in [-0.15, -0.1) is 0 Å². The summed E-state index contributed by atoms with van der Waals surface area (Å²) in [5.41, 5.74) is 6.14. The molecule has 1 aromatic carbocycles. The number of aromatic nitrogens is 4. The van der Waals surface area contributed by atoms with Crippen LogP contribution in [0.5, 0.6) is 0 Å². The van der Waals surface area contributed by atoms with Gasteiger partial charge < -0.3 is 23.8 Å². The number of aromatic amines is 1. The first kappa shape index (κ1) is 19.1. The molecule has 154 valence electrons. The van der Waals surface area contributed by atoms with Gasteiger partial charge in [0.2, 0.25) is 7.98 Å². The van der Waals surface area contributed by atoms with Crippen molar-refractivity contribution < 1.29 is 9.47 Å². The van der Waals surface area contributed by atoms with Gasteiger partial charge in [-0.3, -0.25) is 0 Å². The summed E-state index contributed by atoms with van der Waals surface area (Å²) in [6.45, 7) is 1.35. The van der Waals surface area contributed by atoms with E-state index in [2.05, 4.69) is 44.9 Å². The van der Waals surface area contributed by atoms with Crippen LogP contribution in [0.15, 0.2) is 36.7 Å². The number of pyridine rings is 1. The molecule has 7 nitrogen and oxygen atoms in total. The van der Waals surface area contributed by atoms with Gasteiger partial charge in [0.1, 0.15) is 17.0 Å². The van der Waals surface area contributed by atoms with E-state index >= 15 is 0 Å². The molecule has 4 heterocycles. The van der Waals surface area contributed by atoms with E-state index < -0.39 is 0 Å². The number of benzene rings is 1. The zero-order chi connectivity index (χ0) is 20.7. The van der Waals surface area contributed by atoms with E-state index in [9.17, 15) is 0 Å². The van der Waals surface area contributed by atoms with E-state index in [-0.39, 0.29) is 6.29 Å². The number of H-pyrrole nitrogens is 1. The number of hydrogen-bond donors (Lipinski definition) is 1. The minimum Gasteiger partial charge on any atom is -0.408 e. The van der Waals surface area contributed by atoms with Crippen molar-refractivity contribution in [3.8, 4) is 11.3 Å². The molecule has 1 unspecified atom stereocenters. The standard InChI is InChI=1S/C22H26BN5O2/c1-27-13-24-19-20(27)16-11-17(25-21(16)26-22(19)28(2)23)15-7-5-6-14(10-15)12-30-18-8-3-4-9-29-18/h5-7,10-11,13,18H,3-4,8-9,12,23H2,1-2H3,(H,25,26). The van der Waals surface area contributed by atoms with Gasteiger partial charge in [-0.25, -0.2) is 9.97 Å². The number of fused-ring (bicyclic) bond motifs is 3. The van der Waals surface area contributed by atoms with Gasteiger partial charge in [0, 0.05) is 24.7 Å². The molecule has 1 atom stereocenters. The Kier molecular flexibility index (Phi) is 4.96. The molecule has 8 heteroatoms. The van der Waals surface area contributed by atoms with E-state index in [1.807, 2.05) is 33.2 Å². The Morgan fingerprint density at radius 3 is 3.03 bits per heavy atom. The Labute approximate surface area is 176 Å². The first-order valence-corrected chi connectivity index (χ1v) is 10.4. The molecule has 0 aliphatic carbocycles. The van der Waals surface area contributed by atoms with Crippen LogP contribution in [0.1, 0.15) is 24.8 Å². The third kappa shape index (κ3) is 3.46. The molecule has 4 aromatic rings. The lowest BCUT2D eigenvalue weighted by Gasteiger charge is -2.22. The normalized spacial score (nSPS) is 17.1. The van der Waals surface area contributed by atoms with Gasteiger partial charge in [-0.05, 0) is 49.6 Å². The Bertz CT molecular complexity index is 1190. The number of nitrogens with one attached hydrogen (secondary N) is 1. The van der Waals surface area contributed by atoms with Gasteiger partial charge in [0.05, 0.1) is 18.5 Å². The van der Waals surface area contributed by atoms with Gasteiger partial charge in [-0.2, -0.15) is 0 Å². The summed E-state index contributed by atoms with van der Waals surface area (Å²) in [5, 5.41) is 1.07. The highest BCUT2D eigenvalue weighted by atomic mass is 16.7. The molecule has 3 aromatic heterocycles. The van der Waals surface area contributed by atoms with Crippen LogP contribution in [-0.2, 0) is 23.1 Å². The van der Waals surface area contributed by atoms with E-state index in [1.54, 1.807) is 0 Å². The molecular weight excluding hydrogens is 377 g/mol. The third-order valence-corrected chi connectivity index (χ3v) is 5.65. The second kappa shape index (κ2) is 7.77. The van der Waals surface area contributed by atoms with E-state index in [0.717, 1.165) is 64.2 Å². The number of hydrogen-bond acceptors (Lipinski definition) is 5. The van der Waals surface area contributed by atoms with Crippen molar-refractivity contribution in [1.29, 1.82) is 0 Å². The summed E-state index contributed by atoms with van der Waals surface area (Å²) >= 11 is 0. The van der Waals surface area contributed by atoms with Gasteiger partial charge in [0.15, 0.2) is 6.29 Å². The Morgan fingerprint density at radius 2 is 2.23 bits per heavy atom.